The van der Waals surface area contributed by atoms with Crippen LogP contribution >= 0.6 is 0 Å². The number of nitrogens with two attached hydrogens (primary N) is 1. The molecule has 78 valence electrons. The van der Waals surface area contributed by atoms with Gasteiger partial charge in [-0.15, -0.1) is 4.73 Å². The monoisotopic (exact) mass is 205 g/mol. The van der Waals surface area contributed by atoms with Crippen LogP contribution in [0.25, 0.3) is 0 Å². The first kappa shape index (κ1) is 9.32. The average Bonchev–Trinajstić information content (AvgIpc) is 2.26. The Hall–Kier alpha value is -2.24. The quantitative estimate of drug-likeness (QED) is 0.579. The fraction of sp³-hybridized carbons (Fsp3) is 0.111. The maximum atomic E-state index is 9.22. The molecule has 2 rings (SSSR count). The number of nitrogens with zero attached hydrogens (tertiary/aromatic N) is 3. The summed E-state index contributed by atoms with van der Waals surface area (Å²) in [5.74, 6) is 0.590. The molecular weight excluding hydrogens is 194 g/mol. The van der Waals surface area contributed by atoms with Gasteiger partial charge in [-0.1, -0.05) is 12.2 Å². The number of aromatic nitrogens is 2. The standard InChI is InChI=1S/C9H11N5O/c10-7-6-8(12-9(11)14(7)15)13-4-2-1-3-5-13/h2-6,11,15H,1,10H2. The van der Waals surface area contributed by atoms with Crippen molar-refractivity contribution >= 4 is 11.6 Å². The summed E-state index contributed by atoms with van der Waals surface area (Å²) in [5, 5.41) is 16.6. The third-order valence-electron chi connectivity index (χ3n) is 2.01. The summed E-state index contributed by atoms with van der Waals surface area (Å²) in [7, 11) is 0. The molecule has 6 nitrogen and oxygen atoms in total. The van der Waals surface area contributed by atoms with Crippen LogP contribution in [-0.4, -0.2) is 14.9 Å². The summed E-state index contributed by atoms with van der Waals surface area (Å²) in [6.07, 6.45) is 8.47. The molecule has 15 heavy (non-hydrogen) atoms. The molecule has 0 radical (unpaired) electrons. The summed E-state index contributed by atoms with van der Waals surface area (Å²) in [4.78, 5) is 5.61. The van der Waals surface area contributed by atoms with E-state index in [9.17, 15) is 5.21 Å². The van der Waals surface area contributed by atoms with Crippen LogP contribution in [0.3, 0.4) is 0 Å². The summed E-state index contributed by atoms with van der Waals surface area (Å²) in [5.41, 5.74) is 5.21. The van der Waals surface area contributed by atoms with Gasteiger partial charge in [0.2, 0.25) is 0 Å². The maximum Gasteiger partial charge on any atom is 0.259 e. The number of rotatable bonds is 1. The number of allylic oxidation sites excluding steroid dienone is 2. The molecule has 1 aromatic heterocycles. The zero-order valence-electron chi connectivity index (χ0n) is 7.96. The van der Waals surface area contributed by atoms with Gasteiger partial charge in [0.05, 0.1) is 0 Å². The van der Waals surface area contributed by atoms with Crippen molar-refractivity contribution in [2.24, 2.45) is 0 Å². The minimum atomic E-state index is -0.294. The van der Waals surface area contributed by atoms with Crippen LogP contribution in [0, 0.1) is 5.41 Å². The van der Waals surface area contributed by atoms with Gasteiger partial charge in [-0.05, 0) is 6.42 Å². The minimum absolute atomic E-state index is 0.0809. The highest BCUT2D eigenvalue weighted by Gasteiger charge is 2.07. The van der Waals surface area contributed by atoms with E-state index in [2.05, 4.69) is 4.98 Å². The highest BCUT2D eigenvalue weighted by molar-refractivity contribution is 5.51. The number of nitrogen functional groups attached to an aromatic ring is 1. The molecule has 0 aliphatic carbocycles. The van der Waals surface area contributed by atoms with Crippen molar-refractivity contribution < 1.29 is 5.21 Å². The normalized spacial score (nSPS) is 14.5. The molecular formula is C9H11N5O. The van der Waals surface area contributed by atoms with Gasteiger partial charge in [0.15, 0.2) is 0 Å². The minimum Gasteiger partial charge on any atom is -0.423 e. The van der Waals surface area contributed by atoms with Crippen molar-refractivity contribution in [3.05, 3.63) is 36.2 Å². The zero-order valence-corrected chi connectivity index (χ0v) is 7.96. The lowest BCUT2D eigenvalue weighted by molar-refractivity contribution is 0.172. The first-order valence-corrected chi connectivity index (χ1v) is 4.43. The first-order valence-electron chi connectivity index (χ1n) is 4.43. The molecule has 2 heterocycles. The van der Waals surface area contributed by atoms with E-state index >= 15 is 0 Å². The Labute approximate surface area is 86.1 Å². The van der Waals surface area contributed by atoms with Gasteiger partial charge in [-0.2, -0.15) is 4.98 Å². The third-order valence-corrected chi connectivity index (χ3v) is 2.01. The van der Waals surface area contributed by atoms with Crippen molar-refractivity contribution in [2.75, 3.05) is 10.6 Å². The van der Waals surface area contributed by atoms with Crippen LogP contribution < -0.4 is 16.3 Å². The number of hydrogen-bond acceptors (Lipinski definition) is 5. The molecule has 0 bridgehead atoms. The predicted octanol–water partition coefficient (Wildman–Crippen LogP) is 0.420. The molecule has 0 atom stereocenters. The highest BCUT2D eigenvalue weighted by Crippen LogP contribution is 2.15. The Balaban J connectivity index is 2.45. The van der Waals surface area contributed by atoms with E-state index < -0.39 is 0 Å². The van der Waals surface area contributed by atoms with Crippen LogP contribution in [0.4, 0.5) is 11.6 Å². The molecule has 0 fully saturated rings. The molecule has 0 amide bonds. The van der Waals surface area contributed by atoms with E-state index in [4.69, 9.17) is 11.1 Å². The molecule has 6 heteroatoms. The zero-order chi connectivity index (χ0) is 10.8. The van der Waals surface area contributed by atoms with Crippen molar-refractivity contribution in [1.29, 1.82) is 5.41 Å². The summed E-state index contributed by atoms with van der Waals surface area (Å²) in [6.45, 7) is 0. The maximum absolute atomic E-state index is 9.22. The Morgan fingerprint density at radius 2 is 2.07 bits per heavy atom. The van der Waals surface area contributed by atoms with Gasteiger partial charge in [-0.25, -0.2) is 0 Å². The molecule has 0 aromatic carbocycles. The molecule has 0 unspecified atom stereocenters. The highest BCUT2D eigenvalue weighted by atomic mass is 16.5. The fourth-order valence-corrected chi connectivity index (χ4v) is 1.27. The summed E-state index contributed by atoms with van der Waals surface area (Å²) >= 11 is 0. The largest absolute Gasteiger partial charge is 0.423 e. The Morgan fingerprint density at radius 1 is 1.40 bits per heavy atom. The number of nitrogens with one attached hydrogen (secondary N) is 1. The molecule has 0 spiro atoms. The Bertz CT molecular complexity index is 476. The molecule has 4 N–H and O–H groups in total. The first-order chi connectivity index (χ1) is 7.18. The lowest BCUT2D eigenvalue weighted by Gasteiger charge is -2.17. The molecule has 0 saturated carbocycles. The molecule has 1 aromatic rings. The van der Waals surface area contributed by atoms with Gasteiger partial charge < -0.3 is 15.8 Å². The second-order valence-corrected chi connectivity index (χ2v) is 3.09. The van der Waals surface area contributed by atoms with E-state index in [-0.39, 0.29) is 11.4 Å². The van der Waals surface area contributed by atoms with Crippen molar-refractivity contribution in [3.63, 3.8) is 0 Å². The van der Waals surface area contributed by atoms with Crippen molar-refractivity contribution in [2.45, 2.75) is 6.42 Å². The SMILES string of the molecule is N=c1nc(N2C=CCC=C2)cc(N)n1O. The molecule has 1 aliphatic heterocycles. The summed E-state index contributed by atoms with van der Waals surface area (Å²) < 4.78 is 0.529. The van der Waals surface area contributed by atoms with Crippen LogP contribution in [0.2, 0.25) is 0 Å². The van der Waals surface area contributed by atoms with Gasteiger partial charge in [0, 0.05) is 18.5 Å². The second kappa shape index (κ2) is 3.49. The van der Waals surface area contributed by atoms with E-state index in [0.717, 1.165) is 6.42 Å². The number of hydrogen-bond donors (Lipinski definition) is 3. The lowest BCUT2D eigenvalue weighted by atomic mass is 10.3. The van der Waals surface area contributed by atoms with Crippen LogP contribution in [0.15, 0.2) is 30.6 Å². The van der Waals surface area contributed by atoms with Gasteiger partial charge in [-0.3, -0.25) is 5.41 Å². The van der Waals surface area contributed by atoms with Gasteiger partial charge in [0.1, 0.15) is 11.6 Å². The fourth-order valence-electron chi connectivity index (χ4n) is 1.27. The van der Waals surface area contributed by atoms with E-state index in [1.165, 1.54) is 6.07 Å². The van der Waals surface area contributed by atoms with Crippen molar-refractivity contribution in [1.82, 2.24) is 9.71 Å². The second-order valence-electron chi connectivity index (χ2n) is 3.09. The van der Waals surface area contributed by atoms with Gasteiger partial charge in [0.25, 0.3) is 5.62 Å². The van der Waals surface area contributed by atoms with E-state index in [1.54, 1.807) is 4.90 Å². The summed E-state index contributed by atoms with van der Waals surface area (Å²) in [6, 6.07) is 1.50. The Kier molecular flexibility index (Phi) is 2.17. The third kappa shape index (κ3) is 1.69. The van der Waals surface area contributed by atoms with Crippen LogP contribution in [0.1, 0.15) is 6.42 Å². The lowest BCUT2D eigenvalue weighted by Crippen LogP contribution is -2.26. The molecule has 1 aliphatic rings. The molecule has 0 saturated heterocycles. The average molecular weight is 205 g/mol. The predicted molar refractivity (Wildman–Crippen MR) is 55.1 cm³/mol. The topological polar surface area (TPSA) is 91.2 Å². The van der Waals surface area contributed by atoms with Gasteiger partial charge >= 0.3 is 0 Å². The Morgan fingerprint density at radius 3 is 2.67 bits per heavy atom. The van der Waals surface area contributed by atoms with E-state index in [0.29, 0.717) is 10.5 Å². The van der Waals surface area contributed by atoms with E-state index in [1.807, 2.05) is 24.6 Å². The van der Waals surface area contributed by atoms with Crippen LogP contribution in [0.5, 0.6) is 0 Å². The smallest absolute Gasteiger partial charge is 0.259 e. The van der Waals surface area contributed by atoms with Crippen LogP contribution in [-0.2, 0) is 0 Å². The number of anilines is 2. The van der Waals surface area contributed by atoms with Crippen molar-refractivity contribution in [3.8, 4) is 0 Å².